The number of aliphatic hydroxyl groups excluding tert-OH is 2. The fourth-order valence-corrected chi connectivity index (χ4v) is 10.1. The molecule has 1 aromatic rings. The van der Waals surface area contributed by atoms with Crippen molar-refractivity contribution in [1.82, 2.24) is 35.6 Å². The molecule has 0 saturated carbocycles. The first-order chi connectivity index (χ1) is 35.2. The third-order valence-corrected chi connectivity index (χ3v) is 14.6. The first-order valence-electron chi connectivity index (χ1n) is 26.7. The van der Waals surface area contributed by atoms with Crippen LogP contribution in [0.15, 0.2) is 24.3 Å². The zero-order chi connectivity index (χ0) is 56.2. The number of hydrogen-bond acceptors (Lipinski definition) is 14. The zero-order valence-electron chi connectivity index (χ0n) is 46.3. The summed E-state index contributed by atoms with van der Waals surface area (Å²) in [6.45, 7) is 17.3. The van der Waals surface area contributed by atoms with Gasteiger partial charge in [0, 0.05) is 33.6 Å². The van der Waals surface area contributed by atoms with Crippen molar-refractivity contribution in [2.75, 3.05) is 34.3 Å². The van der Waals surface area contributed by atoms with Crippen molar-refractivity contribution >= 4 is 53.3 Å². The molecule has 0 radical (unpaired) electrons. The second kappa shape index (κ2) is 27.8. The Kier molecular flexibility index (Phi) is 22.9. The van der Waals surface area contributed by atoms with E-state index in [0.29, 0.717) is 30.6 Å². The van der Waals surface area contributed by atoms with Crippen LogP contribution in [-0.2, 0) is 59.0 Å². The summed E-state index contributed by atoms with van der Waals surface area (Å²) in [6, 6.07) is -1.85. The van der Waals surface area contributed by atoms with E-state index in [-0.39, 0.29) is 57.0 Å². The molecule has 0 spiro atoms. The summed E-state index contributed by atoms with van der Waals surface area (Å²) in [4.78, 5) is 134. The van der Waals surface area contributed by atoms with Crippen LogP contribution in [-0.4, -0.2) is 184 Å². The molecule has 0 aromatic heterocycles. The highest BCUT2D eigenvalue weighted by Crippen LogP contribution is 2.27. The van der Waals surface area contributed by atoms with Gasteiger partial charge in [-0.1, -0.05) is 73.9 Å². The van der Waals surface area contributed by atoms with Gasteiger partial charge in [-0.2, -0.15) is 0 Å². The molecule has 7 amide bonds. The van der Waals surface area contributed by atoms with Crippen molar-refractivity contribution in [3.05, 3.63) is 29.8 Å². The van der Waals surface area contributed by atoms with Gasteiger partial charge in [0.15, 0.2) is 6.10 Å². The number of ether oxygens (including phenoxy) is 3. The first-order valence-corrected chi connectivity index (χ1v) is 26.7. The highest BCUT2D eigenvalue weighted by atomic mass is 16.6. The number of likely N-dealkylation sites (N-methyl/N-ethyl adjacent to an activating group) is 2. The minimum atomic E-state index is -1.73. The second-order valence-electron chi connectivity index (χ2n) is 21.8. The van der Waals surface area contributed by atoms with Crippen LogP contribution in [0.4, 0.5) is 0 Å². The minimum absolute atomic E-state index is 0.0924. The standard InChI is InChI=1S/C54H85N7O14/c1-14-32(8)44-42(63)28-43(64)75-46(31(6)7)49(67)55-37(25-29(2)3)51(69)61-24-16-18-39(61)53(71)59(12)41(27-35-19-21-36(73-13)22-20-35)54(72)74-34(10)45(48(66)56-44)57-47(65)40(26-30(4)5)58(11)52(70)38-17-15-23-60(38)50(68)33(9)62/h19-22,29-34,37-42,44-46,62-63H,14-18,23-28H2,1-13H3,(H,55,67)(H,56,66)(H,57,65)/t32-,33+,34+,37-,38?,39-,40+,41-,42-,44+,45-,46-/m0/s1. The zero-order valence-corrected chi connectivity index (χ0v) is 46.3. The molecule has 3 fully saturated rings. The van der Waals surface area contributed by atoms with Gasteiger partial charge in [-0.3, -0.25) is 38.4 Å². The maximum Gasteiger partial charge on any atom is 0.329 e. The van der Waals surface area contributed by atoms with Crippen molar-refractivity contribution in [3.63, 3.8) is 0 Å². The third-order valence-electron chi connectivity index (χ3n) is 14.6. The normalized spacial score (nSPS) is 27.2. The molecule has 75 heavy (non-hydrogen) atoms. The van der Waals surface area contributed by atoms with E-state index in [9.17, 15) is 53.4 Å². The Hall–Kier alpha value is -5.83. The van der Waals surface area contributed by atoms with Gasteiger partial charge < -0.3 is 60.0 Å². The predicted molar refractivity (Wildman–Crippen MR) is 276 cm³/mol. The maximum absolute atomic E-state index is 14.9. The van der Waals surface area contributed by atoms with Crippen LogP contribution < -0.4 is 20.7 Å². The lowest BCUT2D eigenvalue weighted by Gasteiger charge is -2.36. The molecule has 5 N–H and O–H groups in total. The van der Waals surface area contributed by atoms with Crippen LogP contribution in [0.25, 0.3) is 0 Å². The van der Waals surface area contributed by atoms with Crippen molar-refractivity contribution < 1.29 is 67.6 Å². The number of methoxy groups -OCH3 is 1. The van der Waals surface area contributed by atoms with E-state index in [1.165, 1.54) is 54.7 Å². The number of nitrogens with one attached hydrogen (secondary N) is 3. The monoisotopic (exact) mass is 1060 g/mol. The topological polar surface area (TPSA) is 271 Å². The Morgan fingerprint density at radius 1 is 0.880 bits per heavy atom. The second-order valence-corrected chi connectivity index (χ2v) is 21.8. The molecule has 21 heteroatoms. The van der Waals surface area contributed by atoms with E-state index in [1.54, 1.807) is 52.0 Å². The fourth-order valence-electron chi connectivity index (χ4n) is 10.1. The van der Waals surface area contributed by atoms with Crippen molar-refractivity contribution in [2.24, 2.45) is 23.7 Å². The van der Waals surface area contributed by atoms with Gasteiger partial charge in [-0.15, -0.1) is 0 Å². The quantitative estimate of drug-likeness (QED) is 0.158. The van der Waals surface area contributed by atoms with Crippen LogP contribution in [0, 0.1) is 23.7 Å². The van der Waals surface area contributed by atoms with E-state index in [0.717, 1.165) is 0 Å². The first kappa shape index (κ1) is 61.7. The van der Waals surface area contributed by atoms with Gasteiger partial charge in [0.2, 0.25) is 29.5 Å². The number of hydrogen-bond donors (Lipinski definition) is 5. The van der Waals surface area contributed by atoms with Crippen LogP contribution in [0.3, 0.4) is 0 Å². The van der Waals surface area contributed by atoms with E-state index in [2.05, 4.69) is 16.0 Å². The number of likely N-dealkylation sites (tertiary alicyclic amines) is 1. The number of aliphatic hydroxyl groups is 2. The summed E-state index contributed by atoms with van der Waals surface area (Å²) in [7, 11) is 4.34. The summed E-state index contributed by atoms with van der Waals surface area (Å²) in [5.41, 5.74) is 0.597. The number of cyclic esters (lactones) is 2. The molecule has 3 saturated heterocycles. The number of fused-ring (bicyclic) bond motifs is 1. The van der Waals surface area contributed by atoms with Crippen LogP contribution in [0.2, 0.25) is 0 Å². The van der Waals surface area contributed by atoms with E-state index in [1.807, 2.05) is 27.7 Å². The lowest BCUT2D eigenvalue weighted by atomic mass is 9.92. The van der Waals surface area contributed by atoms with E-state index in [4.69, 9.17) is 14.2 Å². The molecule has 21 nitrogen and oxygen atoms in total. The number of amides is 7. The molecule has 4 rings (SSSR count). The third kappa shape index (κ3) is 16.1. The molecule has 3 heterocycles. The van der Waals surface area contributed by atoms with Crippen molar-refractivity contribution in [1.29, 1.82) is 0 Å². The Labute approximate surface area is 442 Å². The largest absolute Gasteiger partial charge is 0.497 e. The van der Waals surface area contributed by atoms with E-state index >= 15 is 0 Å². The van der Waals surface area contributed by atoms with Crippen LogP contribution >= 0.6 is 0 Å². The number of esters is 2. The van der Waals surface area contributed by atoms with Gasteiger partial charge in [0.05, 0.1) is 25.7 Å². The average Bonchev–Trinajstić information content (AvgIpc) is 4.06. The number of carbonyl (C=O) groups excluding carboxylic acids is 9. The molecule has 0 aliphatic carbocycles. The number of benzene rings is 1. The molecule has 1 unspecified atom stereocenters. The summed E-state index contributed by atoms with van der Waals surface area (Å²) in [5, 5.41) is 30.2. The highest BCUT2D eigenvalue weighted by molar-refractivity contribution is 5.97. The Balaban J connectivity index is 1.87. The van der Waals surface area contributed by atoms with Gasteiger partial charge in [0.1, 0.15) is 54.2 Å². The summed E-state index contributed by atoms with van der Waals surface area (Å²) in [5.74, 6) is -7.61. The average molecular weight is 1060 g/mol. The molecule has 1 aromatic carbocycles. The fraction of sp³-hybridized carbons (Fsp3) is 0.722. The Bertz CT molecular complexity index is 2170. The van der Waals surface area contributed by atoms with Gasteiger partial charge >= 0.3 is 11.9 Å². The molecule has 0 bridgehead atoms. The minimum Gasteiger partial charge on any atom is -0.497 e. The predicted octanol–water partition coefficient (Wildman–Crippen LogP) is 2.11. The number of nitrogens with zero attached hydrogens (tertiary/aromatic N) is 4. The number of carbonyl (C=O) groups is 9. The number of rotatable bonds is 15. The lowest BCUT2D eigenvalue weighted by molar-refractivity contribution is -0.162. The SMILES string of the molecule is CC[C@H](C)[C@H]1NC(=O)[C@@H](NC(=O)[C@@H](CC(C)C)N(C)C(=O)C2CCCN2C(=O)[C@@H](C)O)[C@@H](C)OC(=O)[C@H](Cc2ccc(OC)cc2)N(C)C(=O)[C@@H]2CCCN2C(=O)[C@H](CC(C)C)NC(=O)[C@H](C(C)C)OC(=O)C[C@@H]1O. The molecular formula is C54H85N7O14. The molecular weight excluding hydrogens is 971 g/mol. The molecule has 3 aliphatic heterocycles. The smallest absolute Gasteiger partial charge is 0.329 e. The molecule has 3 aliphatic rings. The Morgan fingerprint density at radius 3 is 2.09 bits per heavy atom. The van der Waals surface area contributed by atoms with Gasteiger partial charge in [-0.25, -0.2) is 4.79 Å². The maximum atomic E-state index is 14.9. The van der Waals surface area contributed by atoms with Gasteiger partial charge in [-0.05, 0) is 93.7 Å². The van der Waals surface area contributed by atoms with Crippen LogP contribution in [0.5, 0.6) is 5.75 Å². The van der Waals surface area contributed by atoms with Gasteiger partial charge in [0.25, 0.3) is 11.8 Å². The summed E-state index contributed by atoms with van der Waals surface area (Å²) < 4.78 is 17.2. The van der Waals surface area contributed by atoms with E-state index < -0.39 is 138 Å². The van der Waals surface area contributed by atoms with Crippen molar-refractivity contribution in [3.8, 4) is 5.75 Å². The van der Waals surface area contributed by atoms with Crippen LogP contribution in [0.1, 0.15) is 126 Å². The van der Waals surface area contributed by atoms with Crippen molar-refractivity contribution in [2.45, 2.75) is 194 Å². The molecule has 12 atom stereocenters. The Morgan fingerprint density at radius 2 is 1.52 bits per heavy atom. The lowest BCUT2D eigenvalue weighted by Crippen LogP contribution is -2.62. The highest BCUT2D eigenvalue weighted by Gasteiger charge is 2.45. The summed E-state index contributed by atoms with van der Waals surface area (Å²) in [6.07, 6.45) is -4.56. The summed E-state index contributed by atoms with van der Waals surface area (Å²) >= 11 is 0. The molecule has 420 valence electrons.